The zero-order valence-corrected chi connectivity index (χ0v) is 13.3. The molecule has 0 aromatic heterocycles. The predicted octanol–water partition coefficient (Wildman–Crippen LogP) is 4.97. The maximum atomic E-state index is 12.1. The lowest BCUT2D eigenvalue weighted by atomic mass is 10.1. The quantitative estimate of drug-likeness (QED) is 0.428. The number of ether oxygens (including phenoxy) is 1. The third kappa shape index (κ3) is 4.64. The Hall–Kier alpha value is -1.74. The van der Waals surface area contributed by atoms with E-state index in [-0.39, 0.29) is 5.97 Å². The molecular weight excluding hydrogens is 280 g/mol. The molecule has 0 atom stereocenters. The SMILES string of the molecule is CCCCc1ccc(C(=O)Oc2ccc(SC)cc2)cc1. The molecule has 0 saturated heterocycles. The van der Waals surface area contributed by atoms with Gasteiger partial charge in [0.05, 0.1) is 5.56 Å². The lowest BCUT2D eigenvalue weighted by Gasteiger charge is -2.06. The van der Waals surface area contributed by atoms with Crippen LogP contribution in [0.25, 0.3) is 0 Å². The number of carbonyl (C=O) groups excluding carboxylic acids is 1. The summed E-state index contributed by atoms with van der Waals surface area (Å²) in [5.74, 6) is 0.266. The molecule has 2 aromatic carbocycles. The van der Waals surface area contributed by atoms with Crippen LogP contribution in [0.3, 0.4) is 0 Å². The zero-order valence-electron chi connectivity index (χ0n) is 12.5. The number of carbonyl (C=O) groups is 1. The van der Waals surface area contributed by atoms with Crippen LogP contribution >= 0.6 is 11.8 Å². The summed E-state index contributed by atoms with van der Waals surface area (Å²) in [6.45, 7) is 2.17. The van der Waals surface area contributed by atoms with E-state index in [0.29, 0.717) is 11.3 Å². The maximum absolute atomic E-state index is 12.1. The molecule has 0 amide bonds. The molecule has 2 nitrogen and oxygen atoms in total. The van der Waals surface area contributed by atoms with E-state index in [9.17, 15) is 4.79 Å². The standard InChI is InChI=1S/C18H20O2S/c1-3-4-5-14-6-8-15(9-7-14)18(19)20-16-10-12-17(21-2)13-11-16/h6-13H,3-5H2,1-2H3. The Labute approximate surface area is 130 Å². The molecule has 2 aromatic rings. The summed E-state index contributed by atoms with van der Waals surface area (Å²) in [5.41, 5.74) is 1.85. The largest absolute Gasteiger partial charge is 0.423 e. The highest BCUT2D eigenvalue weighted by Gasteiger charge is 2.08. The Morgan fingerprint density at radius 3 is 2.29 bits per heavy atom. The molecule has 0 fully saturated rings. The van der Waals surface area contributed by atoms with Crippen molar-refractivity contribution >= 4 is 17.7 Å². The van der Waals surface area contributed by atoms with Gasteiger partial charge in [-0.3, -0.25) is 0 Å². The zero-order chi connectivity index (χ0) is 15.1. The average molecular weight is 300 g/mol. The van der Waals surface area contributed by atoms with E-state index in [2.05, 4.69) is 6.92 Å². The van der Waals surface area contributed by atoms with Crippen LogP contribution < -0.4 is 4.74 Å². The lowest BCUT2D eigenvalue weighted by molar-refractivity contribution is 0.0734. The maximum Gasteiger partial charge on any atom is 0.343 e. The van der Waals surface area contributed by atoms with Gasteiger partial charge in [-0.25, -0.2) is 4.79 Å². The Balaban J connectivity index is 1.98. The van der Waals surface area contributed by atoms with E-state index >= 15 is 0 Å². The highest BCUT2D eigenvalue weighted by atomic mass is 32.2. The second-order valence-electron chi connectivity index (χ2n) is 4.87. The van der Waals surface area contributed by atoms with Gasteiger partial charge in [-0.1, -0.05) is 25.5 Å². The van der Waals surface area contributed by atoms with Crippen LogP contribution in [0.5, 0.6) is 5.75 Å². The van der Waals surface area contributed by atoms with Crippen molar-refractivity contribution in [3.05, 3.63) is 59.7 Å². The number of hydrogen-bond donors (Lipinski definition) is 0. The number of hydrogen-bond acceptors (Lipinski definition) is 3. The third-order valence-electron chi connectivity index (χ3n) is 3.28. The van der Waals surface area contributed by atoms with Crippen molar-refractivity contribution in [1.29, 1.82) is 0 Å². The number of unbranched alkanes of at least 4 members (excludes halogenated alkanes) is 1. The van der Waals surface area contributed by atoms with Crippen molar-refractivity contribution < 1.29 is 9.53 Å². The third-order valence-corrected chi connectivity index (χ3v) is 4.02. The van der Waals surface area contributed by atoms with Crippen LogP contribution in [0.4, 0.5) is 0 Å². The minimum Gasteiger partial charge on any atom is -0.423 e. The molecule has 0 unspecified atom stereocenters. The van der Waals surface area contributed by atoms with E-state index in [1.54, 1.807) is 11.8 Å². The van der Waals surface area contributed by atoms with Crippen LogP contribution in [0.2, 0.25) is 0 Å². The smallest absolute Gasteiger partial charge is 0.343 e. The van der Waals surface area contributed by atoms with Gasteiger partial charge in [0.15, 0.2) is 0 Å². The van der Waals surface area contributed by atoms with Gasteiger partial charge >= 0.3 is 5.97 Å². The lowest BCUT2D eigenvalue weighted by Crippen LogP contribution is -2.08. The molecule has 0 bridgehead atoms. The summed E-state index contributed by atoms with van der Waals surface area (Å²) >= 11 is 1.66. The highest BCUT2D eigenvalue weighted by molar-refractivity contribution is 7.98. The van der Waals surface area contributed by atoms with Gasteiger partial charge in [-0.05, 0) is 61.1 Å². The minimum atomic E-state index is -0.311. The molecule has 2 rings (SSSR count). The topological polar surface area (TPSA) is 26.3 Å². The van der Waals surface area contributed by atoms with Crippen molar-refractivity contribution in [2.24, 2.45) is 0 Å². The van der Waals surface area contributed by atoms with E-state index in [1.807, 2.05) is 54.8 Å². The number of thioether (sulfide) groups is 1. The van der Waals surface area contributed by atoms with Gasteiger partial charge in [0, 0.05) is 4.90 Å². The number of benzene rings is 2. The number of rotatable bonds is 6. The van der Waals surface area contributed by atoms with Crippen LogP contribution in [0.1, 0.15) is 35.7 Å². The molecule has 3 heteroatoms. The molecule has 21 heavy (non-hydrogen) atoms. The van der Waals surface area contributed by atoms with Gasteiger partial charge in [0.2, 0.25) is 0 Å². The number of aryl methyl sites for hydroxylation is 1. The number of esters is 1. The van der Waals surface area contributed by atoms with Crippen molar-refractivity contribution in [3.8, 4) is 5.75 Å². The molecule has 0 N–H and O–H groups in total. The van der Waals surface area contributed by atoms with Crippen LogP contribution in [-0.2, 0) is 6.42 Å². The predicted molar refractivity (Wildman–Crippen MR) is 88.2 cm³/mol. The molecule has 0 radical (unpaired) electrons. The average Bonchev–Trinajstić information content (AvgIpc) is 2.54. The Kier molecular flexibility index (Phi) is 5.88. The first kappa shape index (κ1) is 15.6. The first-order chi connectivity index (χ1) is 10.2. The Morgan fingerprint density at radius 2 is 1.71 bits per heavy atom. The molecule has 0 saturated carbocycles. The van der Waals surface area contributed by atoms with E-state index in [4.69, 9.17) is 4.74 Å². The van der Waals surface area contributed by atoms with Crippen molar-refractivity contribution in [2.45, 2.75) is 31.1 Å². The van der Waals surface area contributed by atoms with Gasteiger partial charge < -0.3 is 4.74 Å². The van der Waals surface area contributed by atoms with Gasteiger partial charge in [-0.2, -0.15) is 0 Å². The fourth-order valence-corrected chi connectivity index (χ4v) is 2.41. The summed E-state index contributed by atoms with van der Waals surface area (Å²) in [5, 5.41) is 0. The fraction of sp³-hybridized carbons (Fsp3) is 0.278. The Bertz CT molecular complexity index is 573. The highest BCUT2D eigenvalue weighted by Crippen LogP contribution is 2.20. The van der Waals surface area contributed by atoms with Gasteiger partial charge in [0.1, 0.15) is 5.75 Å². The van der Waals surface area contributed by atoms with Gasteiger partial charge in [-0.15, -0.1) is 11.8 Å². The fourth-order valence-electron chi connectivity index (χ4n) is 2.00. The molecule has 0 aliphatic heterocycles. The van der Waals surface area contributed by atoms with Crippen molar-refractivity contribution in [3.63, 3.8) is 0 Å². The van der Waals surface area contributed by atoms with E-state index in [0.717, 1.165) is 11.3 Å². The van der Waals surface area contributed by atoms with E-state index < -0.39 is 0 Å². The van der Waals surface area contributed by atoms with Crippen LogP contribution in [0, 0.1) is 0 Å². The molecule has 0 aliphatic rings. The first-order valence-electron chi connectivity index (χ1n) is 7.18. The molecule has 0 spiro atoms. The van der Waals surface area contributed by atoms with Crippen molar-refractivity contribution in [2.75, 3.05) is 6.26 Å². The summed E-state index contributed by atoms with van der Waals surface area (Å²) in [6, 6.07) is 15.2. The Morgan fingerprint density at radius 1 is 1.05 bits per heavy atom. The first-order valence-corrected chi connectivity index (χ1v) is 8.40. The molecule has 0 heterocycles. The van der Waals surface area contributed by atoms with Crippen molar-refractivity contribution in [1.82, 2.24) is 0 Å². The summed E-state index contributed by atoms with van der Waals surface area (Å²) < 4.78 is 5.37. The minimum absolute atomic E-state index is 0.311. The molecular formula is C18H20O2S. The summed E-state index contributed by atoms with van der Waals surface area (Å²) in [4.78, 5) is 13.2. The summed E-state index contributed by atoms with van der Waals surface area (Å²) in [6.07, 6.45) is 5.42. The summed E-state index contributed by atoms with van der Waals surface area (Å²) in [7, 11) is 0. The monoisotopic (exact) mass is 300 g/mol. The van der Waals surface area contributed by atoms with Gasteiger partial charge in [0.25, 0.3) is 0 Å². The normalized spacial score (nSPS) is 10.4. The molecule has 0 aliphatic carbocycles. The second-order valence-corrected chi connectivity index (χ2v) is 5.75. The van der Waals surface area contributed by atoms with E-state index in [1.165, 1.54) is 18.4 Å². The second kappa shape index (κ2) is 7.89. The van der Waals surface area contributed by atoms with Crippen LogP contribution in [0.15, 0.2) is 53.4 Å². The van der Waals surface area contributed by atoms with Crippen LogP contribution in [-0.4, -0.2) is 12.2 Å². The molecule has 110 valence electrons.